The van der Waals surface area contributed by atoms with Gasteiger partial charge in [-0.05, 0) is 13.8 Å². The Bertz CT molecular complexity index is 594. The molecule has 4 heteroatoms. The van der Waals surface area contributed by atoms with Crippen molar-refractivity contribution in [2.75, 3.05) is 6.61 Å². The molecule has 0 aliphatic rings. The Morgan fingerprint density at radius 2 is 2.00 bits per heavy atom. The summed E-state index contributed by atoms with van der Waals surface area (Å²) in [6.45, 7) is 3.71. The van der Waals surface area contributed by atoms with E-state index in [-0.39, 0.29) is 17.9 Å². The zero-order valence-corrected chi connectivity index (χ0v) is 10.9. The fourth-order valence-electron chi connectivity index (χ4n) is 1.85. The molecule has 0 amide bonds. The maximum absolute atomic E-state index is 11.6. The Kier molecular flexibility index (Phi) is 3.80. The van der Waals surface area contributed by atoms with Crippen molar-refractivity contribution in [2.45, 2.75) is 13.8 Å². The number of rotatable bonds is 3. The highest BCUT2D eigenvalue weighted by atomic mass is 16.5. The van der Waals surface area contributed by atoms with Crippen LogP contribution in [0.25, 0.3) is 11.3 Å². The molecule has 2 aromatic rings. The molecular weight excluding hydrogens is 242 g/mol. The van der Waals surface area contributed by atoms with E-state index in [1.54, 1.807) is 13.8 Å². The third-order valence-electron chi connectivity index (χ3n) is 2.83. The van der Waals surface area contributed by atoms with Crippen molar-refractivity contribution in [1.82, 2.24) is 4.98 Å². The minimum absolute atomic E-state index is 0.0766. The van der Waals surface area contributed by atoms with E-state index in [9.17, 15) is 9.90 Å². The lowest BCUT2D eigenvalue weighted by Gasteiger charge is -2.10. The van der Waals surface area contributed by atoms with Gasteiger partial charge in [-0.2, -0.15) is 0 Å². The largest absolute Gasteiger partial charge is 0.507 e. The van der Waals surface area contributed by atoms with Crippen LogP contribution >= 0.6 is 0 Å². The number of aromatic hydroxyl groups is 1. The molecule has 1 aromatic carbocycles. The third-order valence-corrected chi connectivity index (χ3v) is 2.83. The molecule has 0 aliphatic heterocycles. The van der Waals surface area contributed by atoms with Gasteiger partial charge in [0.25, 0.3) is 0 Å². The molecule has 1 heterocycles. The maximum atomic E-state index is 11.6. The molecule has 0 aliphatic carbocycles. The van der Waals surface area contributed by atoms with Crippen molar-refractivity contribution in [2.24, 2.45) is 0 Å². The van der Waals surface area contributed by atoms with Gasteiger partial charge in [-0.1, -0.05) is 30.3 Å². The minimum Gasteiger partial charge on any atom is -0.507 e. The van der Waals surface area contributed by atoms with Crippen LogP contribution in [0, 0.1) is 6.92 Å². The van der Waals surface area contributed by atoms with Gasteiger partial charge in [-0.3, -0.25) is 4.98 Å². The van der Waals surface area contributed by atoms with Gasteiger partial charge in [0, 0.05) is 17.3 Å². The Balaban J connectivity index is 2.46. The highest BCUT2D eigenvalue weighted by Crippen LogP contribution is 2.30. The van der Waals surface area contributed by atoms with Crippen molar-refractivity contribution < 1.29 is 14.6 Å². The topological polar surface area (TPSA) is 59.4 Å². The van der Waals surface area contributed by atoms with E-state index < -0.39 is 5.97 Å². The molecule has 98 valence electrons. The molecular formula is C15H15NO3. The van der Waals surface area contributed by atoms with E-state index >= 15 is 0 Å². The van der Waals surface area contributed by atoms with Gasteiger partial charge in [0.1, 0.15) is 11.3 Å². The van der Waals surface area contributed by atoms with Crippen molar-refractivity contribution in [3.05, 3.63) is 47.7 Å². The van der Waals surface area contributed by atoms with Crippen LogP contribution in [0.1, 0.15) is 22.8 Å². The van der Waals surface area contributed by atoms with Gasteiger partial charge in [0.2, 0.25) is 0 Å². The van der Waals surface area contributed by atoms with Crippen LogP contribution in [0.3, 0.4) is 0 Å². The quantitative estimate of drug-likeness (QED) is 0.859. The van der Waals surface area contributed by atoms with Gasteiger partial charge < -0.3 is 9.84 Å². The maximum Gasteiger partial charge on any atom is 0.343 e. The molecule has 1 aromatic heterocycles. The number of hydrogen-bond donors (Lipinski definition) is 1. The first kappa shape index (κ1) is 13.1. The number of ether oxygens (including phenoxy) is 1. The summed E-state index contributed by atoms with van der Waals surface area (Å²) in [5.41, 5.74) is 2.22. The molecule has 0 saturated carbocycles. The number of hydrogen-bond acceptors (Lipinski definition) is 4. The second-order valence-corrected chi connectivity index (χ2v) is 4.08. The zero-order valence-electron chi connectivity index (χ0n) is 10.9. The number of benzene rings is 1. The lowest BCUT2D eigenvalue weighted by Crippen LogP contribution is -2.07. The normalized spacial score (nSPS) is 10.2. The highest BCUT2D eigenvalue weighted by Gasteiger charge is 2.17. The summed E-state index contributed by atoms with van der Waals surface area (Å²) in [4.78, 5) is 15.9. The molecule has 0 saturated heterocycles. The van der Waals surface area contributed by atoms with Crippen LogP contribution in [0.5, 0.6) is 5.75 Å². The molecule has 2 rings (SSSR count). The fraction of sp³-hybridized carbons (Fsp3) is 0.200. The lowest BCUT2D eigenvalue weighted by molar-refractivity contribution is 0.0522. The predicted molar refractivity (Wildman–Crippen MR) is 72.0 cm³/mol. The number of esters is 1. The summed E-state index contributed by atoms with van der Waals surface area (Å²) in [5, 5.41) is 10.1. The molecule has 0 spiro atoms. The standard InChI is InChI=1S/C15H15NO3/c1-3-19-15(18)12-9-16-13(10(2)14(12)17)11-7-5-4-6-8-11/h4-9H,3H2,1-2H3,(H,16,17). The molecule has 0 bridgehead atoms. The molecule has 4 nitrogen and oxygen atoms in total. The summed E-state index contributed by atoms with van der Waals surface area (Å²) in [5.74, 6) is -0.637. The van der Waals surface area contributed by atoms with E-state index in [0.29, 0.717) is 11.3 Å². The smallest absolute Gasteiger partial charge is 0.343 e. The third kappa shape index (κ3) is 2.57. The summed E-state index contributed by atoms with van der Waals surface area (Å²) in [6, 6.07) is 9.50. The number of pyridine rings is 1. The summed E-state index contributed by atoms with van der Waals surface area (Å²) < 4.78 is 4.87. The molecule has 1 N–H and O–H groups in total. The molecule has 0 atom stereocenters. The number of nitrogens with zero attached hydrogens (tertiary/aromatic N) is 1. The summed E-state index contributed by atoms with van der Waals surface area (Å²) >= 11 is 0. The van der Waals surface area contributed by atoms with Gasteiger partial charge in [-0.15, -0.1) is 0 Å². The van der Waals surface area contributed by atoms with Crippen molar-refractivity contribution in [1.29, 1.82) is 0 Å². The van der Waals surface area contributed by atoms with E-state index in [0.717, 1.165) is 5.56 Å². The summed E-state index contributed by atoms with van der Waals surface area (Å²) in [7, 11) is 0. The second kappa shape index (κ2) is 5.52. The molecule has 0 radical (unpaired) electrons. The molecule has 19 heavy (non-hydrogen) atoms. The van der Waals surface area contributed by atoms with Gasteiger partial charge in [-0.25, -0.2) is 4.79 Å². The van der Waals surface area contributed by atoms with Crippen LogP contribution in [-0.2, 0) is 4.74 Å². The monoisotopic (exact) mass is 257 g/mol. The Hall–Kier alpha value is -2.36. The average molecular weight is 257 g/mol. The Morgan fingerprint density at radius 3 is 2.63 bits per heavy atom. The van der Waals surface area contributed by atoms with Gasteiger partial charge in [0.15, 0.2) is 0 Å². The van der Waals surface area contributed by atoms with Crippen LogP contribution in [-0.4, -0.2) is 22.7 Å². The van der Waals surface area contributed by atoms with E-state index in [1.807, 2.05) is 30.3 Å². The van der Waals surface area contributed by atoms with Crippen molar-refractivity contribution >= 4 is 5.97 Å². The summed E-state index contributed by atoms with van der Waals surface area (Å²) in [6.07, 6.45) is 1.35. The van der Waals surface area contributed by atoms with Crippen molar-refractivity contribution in [3.8, 4) is 17.0 Å². The minimum atomic E-state index is -0.560. The first-order chi connectivity index (χ1) is 9.15. The van der Waals surface area contributed by atoms with Crippen LogP contribution < -0.4 is 0 Å². The number of aromatic nitrogens is 1. The van der Waals surface area contributed by atoms with Crippen molar-refractivity contribution in [3.63, 3.8) is 0 Å². The second-order valence-electron chi connectivity index (χ2n) is 4.08. The van der Waals surface area contributed by atoms with E-state index in [4.69, 9.17) is 4.74 Å². The first-order valence-electron chi connectivity index (χ1n) is 6.06. The average Bonchev–Trinajstić information content (AvgIpc) is 2.43. The zero-order chi connectivity index (χ0) is 13.8. The van der Waals surface area contributed by atoms with Gasteiger partial charge in [0.05, 0.1) is 12.3 Å². The lowest BCUT2D eigenvalue weighted by atomic mass is 10.0. The van der Waals surface area contributed by atoms with Crippen LogP contribution in [0.15, 0.2) is 36.5 Å². The Labute approximate surface area is 111 Å². The van der Waals surface area contributed by atoms with E-state index in [2.05, 4.69) is 4.98 Å². The Morgan fingerprint density at radius 1 is 1.32 bits per heavy atom. The molecule has 0 fully saturated rings. The fourth-order valence-corrected chi connectivity index (χ4v) is 1.85. The number of carbonyl (C=O) groups is 1. The van der Waals surface area contributed by atoms with Crippen LogP contribution in [0.2, 0.25) is 0 Å². The van der Waals surface area contributed by atoms with E-state index in [1.165, 1.54) is 6.20 Å². The van der Waals surface area contributed by atoms with Crippen LogP contribution in [0.4, 0.5) is 0 Å². The molecule has 0 unspecified atom stereocenters. The highest BCUT2D eigenvalue weighted by molar-refractivity contribution is 5.93. The number of carbonyl (C=O) groups excluding carboxylic acids is 1. The first-order valence-corrected chi connectivity index (χ1v) is 6.06. The van der Waals surface area contributed by atoms with Gasteiger partial charge >= 0.3 is 5.97 Å². The SMILES string of the molecule is CCOC(=O)c1cnc(-c2ccccc2)c(C)c1O. The predicted octanol–water partition coefficient (Wildman–Crippen LogP) is 2.94.